The minimum Gasteiger partial charge on any atom is -0.497 e. The molecule has 0 amide bonds. The number of nitrogens with zero attached hydrogens (tertiary/aromatic N) is 1. The summed E-state index contributed by atoms with van der Waals surface area (Å²) in [5.74, 6) is 1.52. The fourth-order valence-electron chi connectivity index (χ4n) is 5.37. The van der Waals surface area contributed by atoms with E-state index in [4.69, 9.17) is 4.74 Å². The number of piperidine rings is 1. The van der Waals surface area contributed by atoms with Crippen LogP contribution < -0.4 is 4.74 Å². The van der Waals surface area contributed by atoms with Gasteiger partial charge in [0.1, 0.15) is 5.75 Å². The zero-order valence-corrected chi connectivity index (χ0v) is 14.2. The Kier molecular flexibility index (Phi) is 4.17. The van der Waals surface area contributed by atoms with Gasteiger partial charge in [-0.3, -0.25) is 0 Å². The Morgan fingerprint density at radius 2 is 2.09 bits per heavy atom. The van der Waals surface area contributed by atoms with E-state index in [2.05, 4.69) is 24.1 Å². The number of aliphatic hydroxyl groups excluding tert-OH is 1. The van der Waals surface area contributed by atoms with Crippen molar-refractivity contribution < 1.29 is 9.84 Å². The highest BCUT2D eigenvalue weighted by atomic mass is 35.5. The lowest BCUT2D eigenvalue weighted by Crippen LogP contribution is -2.61. The summed E-state index contributed by atoms with van der Waals surface area (Å²) in [6, 6.07) is 6.59. The third kappa shape index (κ3) is 2.02. The number of hydrogen-bond donors (Lipinski definition) is 1. The van der Waals surface area contributed by atoms with E-state index in [1.165, 1.54) is 37.7 Å². The number of aliphatic hydroxyl groups is 1. The standard InChI is InChI=1S/C18H25NO2.ClH/c1-19-10-9-18-8-4-3-5-14(18)16(19)17(20)13-7-6-12(21-2)11-15(13)18;/h6-7,11,14,16-17,20H,3-5,8-10H2,1-2H3;1H/t14-,16-,17+,18+;/m0./s1. The molecule has 22 heavy (non-hydrogen) atoms. The van der Waals surface area contributed by atoms with E-state index < -0.39 is 0 Å². The Morgan fingerprint density at radius 3 is 2.86 bits per heavy atom. The fraction of sp³-hybridized carbons (Fsp3) is 0.667. The molecule has 1 aromatic rings. The molecule has 0 spiro atoms. The van der Waals surface area contributed by atoms with Crippen LogP contribution in [0.5, 0.6) is 5.75 Å². The van der Waals surface area contributed by atoms with Crippen LogP contribution in [0.3, 0.4) is 0 Å². The maximum Gasteiger partial charge on any atom is 0.119 e. The number of likely N-dealkylation sites (tertiary alicyclic amines) is 1. The van der Waals surface area contributed by atoms with Gasteiger partial charge in [0.2, 0.25) is 0 Å². The first-order valence-corrected chi connectivity index (χ1v) is 8.24. The van der Waals surface area contributed by atoms with Crippen LogP contribution in [0.4, 0.5) is 0 Å². The van der Waals surface area contributed by atoms with Gasteiger partial charge in [0, 0.05) is 11.5 Å². The molecule has 1 heterocycles. The zero-order chi connectivity index (χ0) is 14.6. The molecule has 1 saturated carbocycles. The summed E-state index contributed by atoms with van der Waals surface area (Å²) in [4.78, 5) is 2.39. The van der Waals surface area contributed by atoms with Gasteiger partial charge in [-0.1, -0.05) is 18.9 Å². The van der Waals surface area contributed by atoms with E-state index in [9.17, 15) is 5.11 Å². The van der Waals surface area contributed by atoms with E-state index in [1.807, 2.05) is 6.07 Å². The summed E-state index contributed by atoms with van der Waals surface area (Å²) in [6.45, 7) is 1.09. The number of halogens is 1. The molecule has 4 atom stereocenters. The Morgan fingerprint density at radius 1 is 1.27 bits per heavy atom. The van der Waals surface area contributed by atoms with Crippen LogP contribution >= 0.6 is 12.4 Å². The lowest BCUT2D eigenvalue weighted by Gasteiger charge is -2.59. The van der Waals surface area contributed by atoms with Gasteiger partial charge in [-0.15, -0.1) is 12.4 Å². The molecule has 4 heteroatoms. The molecule has 0 aromatic heterocycles. The van der Waals surface area contributed by atoms with E-state index in [0.29, 0.717) is 12.0 Å². The van der Waals surface area contributed by atoms with Gasteiger partial charge in [-0.05, 0) is 62.0 Å². The molecule has 1 aliphatic heterocycles. The monoisotopic (exact) mass is 323 g/mol. The number of benzene rings is 1. The molecule has 1 aromatic carbocycles. The smallest absolute Gasteiger partial charge is 0.119 e. The average molecular weight is 324 g/mol. The number of rotatable bonds is 1. The summed E-state index contributed by atoms with van der Waals surface area (Å²) in [7, 11) is 3.91. The Bertz CT molecular complexity index is 564. The summed E-state index contributed by atoms with van der Waals surface area (Å²) in [6.07, 6.45) is 6.02. The molecule has 0 unspecified atom stereocenters. The second-order valence-corrected chi connectivity index (χ2v) is 7.13. The van der Waals surface area contributed by atoms with Crippen LogP contribution in [0.15, 0.2) is 18.2 Å². The molecule has 1 saturated heterocycles. The number of likely N-dealkylation sites (N-methyl/N-ethyl adjacent to an activating group) is 1. The van der Waals surface area contributed by atoms with E-state index in [0.717, 1.165) is 17.9 Å². The number of methoxy groups -OCH3 is 1. The van der Waals surface area contributed by atoms with Gasteiger partial charge in [0.05, 0.1) is 13.2 Å². The van der Waals surface area contributed by atoms with Gasteiger partial charge in [-0.2, -0.15) is 0 Å². The zero-order valence-electron chi connectivity index (χ0n) is 13.4. The minimum absolute atomic E-state index is 0. The first-order chi connectivity index (χ1) is 10.2. The van der Waals surface area contributed by atoms with Gasteiger partial charge >= 0.3 is 0 Å². The maximum atomic E-state index is 11.0. The molecule has 0 radical (unpaired) electrons. The third-order valence-corrected chi connectivity index (χ3v) is 6.37. The van der Waals surface area contributed by atoms with Crippen LogP contribution in [-0.2, 0) is 5.41 Å². The molecule has 2 bridgehead atoms. The molecule has 1 N–H and O–H groups in total. The minimum atomic E-state index is -0.354. The number of fused-ring (bicyclic) bond motifs is 1. The second kappa shape index (κ2) is 5.70. The van der Waals surface area contributed by atoms with Crippen molar-refractivity contribution in [2.75, 3.05) is 20.7 Å². The average Bonchev–Trinajstić information content (AvgIpc) is 2.53. The topological polar surface area (TPSA) is 32.7 Å². The molecule has 2 fully saturated rings. The van der Waals surface area contributed by atoms with Crippen molar-refractivity contribution in [1.29, 1.82) is 0 Å². The lowest BCUT2D eigenvalue weighted by molar-refractivity contribution is -0.0680. The van der Waals surface area contributed by atoms with E-state index in [-0.39, 0.29) is 23.9 Å². The SMILES string of the molecule is COc1ccc2c(c1)[C@@]13CCCC[C@H]1[C@@H]([C@@H]2O)N(C)CC3.Cl. The van der Waals surface area contributed by atoms with Gasteiger partial charge < -0.3 is 14.7 Å². The Hall–Kier alpha value is -0.770. The van der Waals surface area contributed by atoms with Crippen molar-refractivity contribution in [3.63, 3.8) is 0 Å². The predicted molar refractivity (Wildman–Crippen MR) is 89.9 cm³/mol. The van der Waals surface area contributed by atoms with Crippen molar-refractivity contribution in [3.05, 3.63) is 29.3 Å². The maximum absolute atomic E-state index is 11.0. The van der Waals surface area contributed by atoms with Gasteiger partial charge in [-0.25, -0.2) is 0 Å². The van der Waals surface area contributed by atoms with Gasteiger partial charge in [0.15, 0.2) is 0 Å². The predicted octanol–water partition coefficient (Wildman–Crippen LogP) is 3.30. The van der Waals surface area contributed by atoms with Crippen LogP contribution in [-0.4, -0.2) is 36.8 Å². The van der Waals surface area contributed by atoms with Crippen molar-refractivity contribution in [3.8, 4) is 5.75 Å². The molecule has 122 valence electrons. The van der Waals surface area contributed by atoms with Crippen molar-refractivity contribution in [2.24, 2.45) is 5.92 Å². The summed E-state index contributed by atoms with van der Waals surface area (Å²) < 4.78 is 5.46. The van der Waals surface area contributed by atoms with Gasteiger partial charge in [0.25, 0.3) is 0 Å². The van der Waals surface area contributed by atoms with Crippen LogP contribution in [0.25, 0.3) is 0 Å². The van der Waals surface area contributed by atoms with Crippen LogP contribution in [0.2, 0.25) is 0 Å². The van der Waals surface area contributed by atoms with E-state index >= 15 is 0 Å². The van der Waals surface area contributed by atoms with Crippen LogP contribution in [0, 0.1) is 5.92 Å². The summed E-state index contributed by atoms with van der Waals surface area (Å²) in [5.41, 5.74) is 2.80. The highest BCUT2D eigenvalue weighted by Gasteiger charge is 2.56. The Labute approximate surface area is 139 Å². The first-order valence-electron chi connectivity index (χ1n) is 8.24. The third-order valence-electron chi connectivity index (χ3n) is 6.37. The largest absolute Gasteiger partial charge is 0.497 e. The van der Waals surface area contributed by atoms with Crippen molar-refractivity contribution in [2.45, 2.75) is 49.7 Å². The quantitative estimate of drug-likeness (QED) is 0.860. The van der Waals surface area contributed by atoms with E-state index in [1.54, 1.807) is 7.11 Å². The highest BCUT2D eigenvalue weighted by molar-refractivity contribution is 5.85. The summed E-state index contributed by atoms with van der Waals surface area (Å²) in [5, 5.41) is 11.0. The number of hydrogen-bond acceptors (Lipinski definition) is 3. The highest BCUT2D eigenvalue weighted by Crippen LogP contribution is 2.58. The molecule has 4 rings (SSSR count). The molecule has 3 nitrogen and oxygen atoms in total. The molecular weight excluding hydrogens is 298 g/mol. The van der Waals surface area contributed by atoms with Crippen molar-refractivity contribution >= 4 is 12.4 Å². The normalized spacial score (nSPS) is 36.8. The van der Waals surface area contributed by atoms with Crippen LogP contribution in [0.1, 0.15) is 49.3 Å². The summed E-state index contributed by atoms with van der Waals surface area (Å²) >= 11 is 0. The Balaban J connectivity index is 0.00000144. The fourth-order valence-corrected chi connectivity index (χ4v) is 5.37. The molecular formula is C18H26ClNO2. The molecule has 3 aliphatic rings. The second-order valence-electron chi connectivity index (χ2n) is 7.13. The first kappa shape index (κ1) is 16.1. The van der Waals surface area contributed by atoms with Crippen molar-refractivity contribution in [1.82, 2.24) is 4.90 Å². The lowest BCUT2D eigenvalue weighted by atomic mass is 9.52. The molecule has 2 aliphatic carbocycles. The number of ether oxygens (including phenoxy) is 1.